The second-order valence-corrected chi connectivity index (χ2v) is 2.76. The molecule has 9 heavy (non-hydrogen) atoms. The van der Waals surface area contributed by atoms with E-state index in [4.69, 9.17) is 4.84 Å². The summed E-state index contributed by atoms with van der Waals surface area (Å²) in [5.74, 6) is 0. The number of nitrogens with zero attached hydrogens (tertiary/aromatic N) is 1. The summed E-state index contributed by atoms with van der Waals surface area (Å²) in [5.41, 5.74) is 0.716. The Morgan fingerprint density at radius 2 is 2.22 bits per heavy atom. The van der Waals surface area contributed by atoms with E-state index >= 15 is 0 Å². The van der Waals surface area contributed by atoms with Crippen molar-refractivity contribution in [3.8, 4) is 0 Å². The van der Waals surface area contributed by atoms with Gasteiger partial charge >= 0.3 is 0 Å². The average Bonchev–Trinajstić information content (AvgIpc) is 1.78. The lowest BCUT2D eigenvalue weighted by Crippen LogP contribution is -2.21. The van der Waals surface area contributed by atoms with Crippen LogP contribution in [0.4, 0.5) is 0 Å². The highest BCUT2D eigenvalue weighted by Crippen LogP contribution is 2.14. The summed E-state index contributed by atoms with van der Waals surface area (Å²) in [6, 6.07) is 0. The van der Waals surface area contributed by atoms with Gasteiger partial charge < -0.3 is 4.84 Å². The summed E-state index contributed by atoms with van der Waals surface area (Å²) in [6.07, 6.45) is 3.96. The van der Waals surface area contributed by atoms with E-state index in [0.29, 0.717) is 0 Å². The summed E-state index contributed by atoms with van der Waals surface area (Å²) in [6.45, 7) is 5.85. The molecule has 1 aliphatic rings. The second kappa shape index (κ2) is 1.87. The van der Waals surface area contributed by atoms with Crippen LogP contribution < -0.4 is 0 Å². The Kier molecular flexibility index (Phi) is 1.31. The maximum atomic E-state index is 5.08. The Morgan fingerprint density at radius 1 is 1.56 bits per heavy atom. The Bertz CT molecular complexity index is 168. The Morgan fingerprint density at radius 3 is 2.56 bits per heavy atom. The number of hydrogen-bond acceptors (Lipinski definition) is 2. The highest BCUT2D eigenvalue weighted by molar-refractivity contribution is 5.92. The van der Waals surface area contributed by atoms with Gasteiger partial charge in [0.25, 0.3) is 0 Å². The normalized spacial score (nSPS) is 22.8. The van der Waals surface area contributed by atoms with Crippen LogP contribution in [0.1, 0.15) is 20.8 Å². The lowest BCUT2D eigenvalue weighted by molar-refractivity contribution is 0.0213. The molecule has 50 valence electrons. The molecule has 0 aromatic carbocycles. The molecule has 0 bridgehead atoms. The van der Waals surface area contributed by atoms with Gasteiger partial charge in [-0.05, 0) is 32.9 Å². The maximum absolute atomic E-state index is 5.08. The predicted octanol–water partition coefficient (Wildman–Crippen LogP) is 1.73. The molecule has 0 saturated heterocycles. The molecule has 2 heteroatoms. The van der Waals surface area contributed by atoms with E-state index < -0.39 is 0 Å². The maximum Gasteiger partial charge on any atom is 0.150 e. The van der Waals surface area contributed by atoms with Crippen LogP contribution in [-0.4, -0.2) is 11.3 Å². The molecule has 2 nitrogen and oxygen atoms in total. The second-order valence-electron chi connectivity index (χ2n) is 2.76. The van der Waals surface area contributed by atoms with E-state index in [1.807, 2.05) is 32.9 Å². The Hall–Kier alpha value is -0.790. The third kappa shape index (κ3) is 1.56. The molecule has 0 atom stereocenters. The summed E-state index contributed by atoms with van der Waals surface area (Å²) in [7, 11) is 0. The minimum absolute atomic E-state index is 0.209. The van der Waals surface area contributed by atoms with Gasteiger partial charge in [-0.3, -0.25) is 0 Å². The standard InChI is InChI=1S/C7H11NO/c1-6-4-5-7(2,3)9-8-6/h4-5H,1-3H3. The van der Waals surface area contributed by atoms with Crippen LogP contribution in [-0.2, 0) is 4.84 Å². The Labute approximate surface area is 55.2 Å². The molecule has 0 amide bonds. The fraction of sp³-hybridized carbons (Fsp3) is 0.571. The van der Waals surface area contributed by atoms with Crippen molar-refractivity contribution in [2.45, 2.75) is 26.4 Å². The molecule has 0 spiro atoms. The van der Waals surface area contributed by atoms with Crippen LogP contribution in [0.2, 0.25) is 0 Å². The zero-order valence-corrected chi connectivity index (χ0v) is 6.01. The lowest BCUT2D eigenvalue weighted by Gasteiger charge is -2.20. The first-order valence-electron chi connectivity index (χ1n) is 3.02. The SMILES string of the molecule is CC1=NOC(C)(C)C=C1. The van der Waals surface area contributed by atoms with Crippen molar-refractivity contribution < 1.29 is 4.84 Å². The summed E-state index contributed by atoms with van der Waals surface area (Å²) in [5, 5.41) is 3.81. The summed E-state index contributed by atoms with van der Waals surface area (Å²) >= 11 is 0. The molecule has 0 aromatic heterocycles. The molecule has 0 fully saturated rings. The highest BCUT2D eigenvalue weighted by atomic mass is 16.6. The van der Waals surface area contributed by atoms with Crippen molar-refractivity contribution in [2.24, 2.45) is 5.16 Å². The van der Waals surface area contributed by atoms with Gasteiger partial charge in [0.1, 0.15) is 0 Å². The third-order valence-corrected chi connectivity index (χ3v) is 1.15. The molecule has 0 aliphatic carbocycles. The van der Waals surface area contributed by atoms with Crippen LogP contribution >= 0.6 is 0 Å². The van der Waals surface area contributed by atoms with Gasteiger partial charge in [-0.25, -0.2) is 0 Å². The number of allylic oxidation sites excluding steroid dienone is 1. The van der Waals surface area contributed by atoms with E-state index in [2.05, 4.69) is 5.16 Å². The highest BCUT2D eigenvalue weighted by Gasteiger charge is 2.17. The van der Waals surface area contributed by atoms with E-state index in [-0.39, 0.29) is 5.60 Å². The smallest absolute Gasteiger partial charge is 0.150 e. The molecule has 0 aromatic rings. The van der Waals surface area contributed by atoms with Crippen molar-refractivity contribution >= 4 is 5.71 Å². The zero-order chi connectivity index (χ0) is 6.91. The zero-order valence-electron chi connectivity index (χ0n) is 6.01. The van der Waals surface area contributed by atoms with Gasteiger partial charge in [0.05, 0.1) is 5.71 Å². The summed E-state index contributed by atoms with van der Waals surface area (Å²) < 4.78 is 0. The number of hydrogen-bond donors (Lipinski definition) is 0. The van der Waals surface area contributed by atoms with Gasteiger partial charge in [-0.2, -0.15) is 0 Å². The molecule has 1 aliphatic heterocycles. The quantitative estimate of drug-likeness (QED) is 0.483. The third-order valence-electron chi connectivity index (χ3n) is 1.15. The van der Waals surface area contributed by atoms with Crippen molar-refractivity contribution in [3.05, 3.63) is 12.2 Å². The average molecular weight is 125 g/mol. The molecule has 0 unspecified atom stereocenters. The minimum atomic E-state index is -0.209. The van der Waals surface area contributed by atoms with Gasteiger partial charge in [-0.15, -0.1) is 0 Å². The predicted molar refractivity (Wildman–Crippen MR) is 37.4 cm³/mol. The minimum Gasteiger partial charge on any atom is -0.385 e. The Balaban J connectivity index is 2.70. The first-order valence-corrected chi connectivity index (χ1v) is 3.02. The lowest BCUT2D eigenvalue weighted by atomic mass is 10.1. The van der Waals surface area contributed by atoms with Gasteiger partial charge in [0, 0.05) is 0 Å². The molecular weight excluding hydrogens is 114 g/mol. The van der Waals surface area contributed by atoms with Crippen molar-refractivity contribution in [2.75, 3.05) is 0 Å². The first-order chi connectivity index (χ1) is 4.10. The van der Waals surface area contributed by atoms with Gasteiger partial charge in [0.2, 0.25) is 0 Å². The molecule has 0 N–H and O–H groups in total. The van der Waals surface area contributed by atoms with E-state index in [9.17, 15) is 0 Å². The van der Waals surface area contributed by atoms with Gasteiger partial charge in [-0.1, -0.05) is 5.16 Å². The fourth-order valence-corrected chi connectivity index (χ4v) is 0.572. The van der Waals surface area contributed by atoms with Crippen molar-refractivity contribution in [1.29, 1.82) is 0 Å². The first kappa shape index (κ1) is 6.33. The van der Waals surface area contributed by atoms with E-state index in [0.717, 1.165) is 5.71 Å². The monoisotopic (exact) mass is 125 g/mol. The van der Waals surface area contributed by atoms with Crippen molar-refractivity contribution in [3.63, 3.8) is 0 Å². The molecule has 0 saturated carbocycles. The van der Waals surface area contributed by atoms with Crippen LogP contribution in [0.15, 0.2) is 17.3 Å². The fourth-order valence-electron chi connectivity index (χ4n) is 0.572. The molecular formula is C7H11NO. The van der Waals surface area contributed by atoms with E-state index in [1.165, 1.54) is 0 Å². The van der Waals surface area contributed by atoms with Crippen LogP contribution in [0, 0.1) is 0 Å². The largest absolute Gasteiger partial charge is 0.385 e. The number of rotatable bonds is 0. The topological polar surface area (TPSA) is 21.6 Å². The molecule has 1 heterocycles. The van der Waals surface area contributed by atoms with Crippen LogP contribution in [0.5, 0.6) is 0 Å². The van der Waals surface area contributed by atoms with Gasteiger partial charge in [0.15, 0.2) is 5.60 Å². The summed E-state index contributed by atoms with van der Waals surface area (Å²) in [4.78, 5) is 5.08. The van der Waals surface area contributed by atoms with E-state index in [1.54, 1.807) is 0 Å². The molecule has 1 rings (SSSR count). The van der Waals surface area contributed by atoms with Crippen LogP contribution in [0.3, 0.4) is 0 Å². The van der Waals surface area contributed by atoms with Crippen molar-refractivity contribution in [1.82, 2.24) is 0 Å². The molecule has 0 radical (unpaired) electrons. The number of oxime groups is 1. The van der Waals surface area contributed by atoms with Crippen LogP contribution in [0.25, 0.3) is 0 Å².